The van der Waals surface area contributed by atoms with E-state index in [0.29, 0.717) is 16.8 Å². The van der Waals surface area contributed by atoms with E-state index in [2.05, 4.69) is 6.07 Å². The van der Waals surface area contributed by atoms with E-state index in [1.165, 1.54) is 12.1 Å². The van der Waals surface area contributed by atoms with Crippen LogP contribution in [0.1, 0.15) is 15.9 Å². The summed E-state index contributed by atoms with van der Waals surface area (Å²) < 4.78 is 2.00. The molecular weight excluding hydrogens is 474 g/mol. The molecule has 0 aliphatic rings. The standard InChI is InChI=1S/C32H21N3O3/c33-22-27(32(36)25-14-8-3-9-15-25)20-26-21-30(23-10-4-1-5-11-23)34(31(26)24-12-6-2-7-13-24)28-16-18-29(19-17-28)35(37)38/h1-21H/b27-20+. The number of Topliss-reactive ketones (excluding diaryl/α,β-unsaturated/α-hetero) is 1. The number of nitro groups is 1. The third-order valence-corrected chi connectivity index (χ3v) is 6.17. The fourth-order valence-corrected chi connectivity index (χ4v) is 4.39. The molecule has 0 atom stereocenters. The zero-order valence-electron chi connectivity index (χ0n) is 20.2. The number of rotatable bonds is 7. The van der Waals surface area contributed by atoms with Gasteiger partial charge in [-0.1, -0.05) is 91.0 Å². The predicted octanol–water partition coefficient (Wildman–Crippen LogP) is 7.51. The van der Waals surface area contributed by atoms with Crippen LogP contribution in [0.25, 0.3) is 34.3 Å². The van der Waals surface area contributed by atoms with Crippen LogP contribution < -0.4 is 0 Å². The molecule has 4 aromatic carbocycles. The average molecular weight is 496 g/mol. The Bertz CT molecular complexity index is 1680. The minimum Gasteiger partial charge on any atom is -0.309 e. The molecule has 0 unspecified atom stereocenters. The SMILES string of the molecule is N#C/C(=C\c1cc(-c2ccccc2)n(-c2ccc([N+](=O)[O-])cc2)c1-c1ccccc1)C(=O)c1ccccc1. The van der Waals surface area contributed by atoms with Crippen LogP contribution in [0, 0.1) is 21.4 Å². The molecule has 5 aromatic rings. The molecule has 38 heavy (non-hydrogen) atoms. The number of hydrogen-bond donors (Lipinski definition) is 0. The predicted molar refractivity (Wildman–Crippen MR) is 148 cm³/mol. The summed E-state index contributed by atoms with van der Waals surface area (Å²) in [5, 5.41) is 21.3. The monoisotopic (exact) mass is 495 g/mol. The van der Waals surface area contributed by atoms with E-state index < -0.39 is 4.92 Å². The molecule has 0 spiro atoms. The Labute approximate surface area is 219 Å². The highest BCUT2D eigenvalue weighted by Crippen LogP contribution is 2.37. The highest BCUT2D eigenvalue weighted by molar-refractivity contribution is 6.14. The molecule has 182 valence electrons. The Hall–Kier alpha value is -5.54. The number of carbonyl (C=O) groups excluding carboxylic acids is 1. The number of benzene rings is 4. The van der Waals surface area contributed by atoms with Gasteiger partial charge in [-0.3, -0.25) is 14.9 Å². The molecule has 6 heteroatoms. The maximum Gasteiger partial charge on any atom is 0.269 e. The lowest BCUT2D eigenvalue weighted by Crippen LogP contribution is -2.02. The van der Waals surface area contributed by atoms with Crippen LogP contribution >= 0.6 is 0 Å². The summed E-state index contributed by atoms with van der Waals surface area (Å²) in [5.74, 6) is -0.364. The van der Waals surface area contributed by atoms with Crippen LogP contribution in [0.2, 0.25) is 0 Å². The van der Waals surface area contributed by atoms with E-state index in [4.69, 9.17) is 0 Å². The fourth-order valence-electron chi connectivity index (χ4n) is 4.39. The zero-order valence-corrected chi connectivity index (χ0v) is 20.2. The van der Waals surface area contributed by atoms with Gasteiger partial charge in [-0.2, -0.15) is 5.26 Å². The van der Waals surface area contributed by atoms with Gasteiger partial charge in [0.25, 0.3) is 5.69 Å². The number of nitriles is 1. The fraction of sp³-hybridized carbons (Fsp3) is 0. The number of allylic oxidation sites excluding steroid dienone is 1. The molecule has 0 fully saturated rings. The van der Waals surface area contributed by atoms with Gasteiger partial charge in [-0.15, -0.1) is 0 Å². The quantitative estimate of drug-likeness (QED) is 0.0768. The molecule has 0 radical (unpaired) electrons. The summed E-state index contributed by atoms with van der Waals surface area (Å²) in [6.45, 7) is 0. The molecule has 0 aliphatic carbocycles. The van der Waals surface area contributed by atoms with Crippen LogP contribution in [0.15, 0.2) is 127 Å². The molecule has 0 amide bonds. The van der Waals surface area contributed by atoms with E-state index in [9.17, 15) is 20.2 Å². The number of nitrogens with zero attached hydrogens (tertiary/aromatic N) is 3. The Morgan fingerprint density at radius 2 is 1.34 bits per heavy atom. The summed E-state index contributed by atoms with van der Waals surface area (Å²) >= 11 is 0. The maximum absolute atomic E-state index is 13.2. The Balaban J connectivity index is 1.79. The molecule has 1 heterocycles. The first-order chi connectivity index (χ1) is 18.6. The third kappa shape index (κ3) is 4.77. The number of carbonyl (C=O) groups is 1. The summed E-state index contributed by atoms with van der Waals surface area (Å²) in [4.78, 5) is 24.1. The summed E-state index contributed by atoms with van der Waals surface area (Å²) in [5.41, 5.74) is 5.16. The molecule has 0 saturated heterocycles. The number of non-ortho nitro benzene ring substituents is 1. The Kier molecular flexibility index (Phi) is 6.75. The molecule has 0 aliphatic heterocycles. The average Bonchev–Trinajstić information content (AvgIpc) is 3.36. The van der Waals surface area contributed by atoms with Gasteiger partial charge in [0.05, 0.1) is 16.3 Å². The van der Waals surface area contributed by atoms with Gasteiger partial charge < -0.3 is 4.57 Å². The van der Waals surface area contributed by atoms with E-state index in [-0.39, 0.29) is 17.0 Å². The first-order valence-corrected chi connectivity index (χ1v) is 11.9. The number of hydrogen-bond acceptors (Lipinski definition) is 4. The van der Waals surface area contributed by atoms with Gasteiger partial charge in [0, 0.05) is 28.9 Å². The summed E-state index contributed by atoms with van der Waals surface area (Å²) in [6.07, 6.45) is 1.62. The number of ketones is 1. The van der Waals surface area contributed by atoms with Crippen LogP contribution in [0.4, 0.5) is 5.69 Å². The van der Waals surface area contributed by atoms with Gasteiger partial charge in [0.2, 0.25) is 5.78 Å². The topological polar surface area (TPSA) is 88.9 Å². The van der Waals surface area contributed by atoms with E-state index >= 15 is 0 Å². The van der Waals surface area contributed by atoms with Crippen molar-refractivity contribution >= 4 is 17.5 Å². The van der Waals surface area contributed by atoms with Crippen LogP contribution in [0.5, 0.6) is 0 Å². The lowest BCUT2D eigenvalue weighted by atomic mass is 10.00. The Morgan fingerprint density at radius 3 is 1.89 bits per heavy atom. The largest absolute Gasteiger partial charge is 0.309 e. The molecule has 0 bridgehead atoms. The first-order valence-electron chi connectivity index (χ1n) is 11.9. The smallest absolute Gasteiger partial charge is 0.269 e. The third-order valence-electron chi connectivity index (χ3n) is 6.17. The molecular formula is C32H21N3O3. The molecule has 0 saturated carbocycles. The van der Waals surface area contributed by atoms with Crippen molar-refractivity contribution in [3.05, 3.63) is 148 Å². The summed E-state index contributed by atoms with van der Waals surface area (Å²) in [7, 11) is 0. The number of aromatic nitrogens is 1. The molecule has 6 nitrogen and oxygen atoms in total. The van der Waals surface area contributed by atoms with Crippen LogP contribution in [-0.4, -0.2) is 15.3 Å². The normalized spacial score (nSPS) is 11.1. The van der Waals surface area contributed by atoms with Crippen LogP contribution in [-0.2, 0) is 0 Å². The van der Waals surface area contributed by atoms with Crippen molar-refractivity contribution < 1.29 is 9.72 Å². The van der Waals surface area contributed by atoms with Crippen molar-refractivity contribution in [2.45, 2.75) is 0 Å². The number of nitro benzene ring substituents is 1. The van der Waals surface area contributed by atoms with Crippen molar-refractivity contribution in [2.24, 2.45) is 0 Å². The van der Waals surface area contributed by atoms with Crippen molar-refractivity contribution in [1.82, 2.24) is 4.57 Å². The molecule has 1 aromatic heterocycles. The van der Waals surface area contributed by atoms with Gasteiger partial charge >= 0.3 is 0 Å². The lowest BCUT2D eigenvalue weighted by molar-refractivity contribution is -0.384. The van der Waals surface area contributed by atoms with Gasteiger partial charge in [0.15, 0.2) is 0 Å². The summed E-state index contributed by atoms with van der Waals surface area (Å²) in [6, 6.07) is 38.4. The second kappa shape index (κ2) is 10.6. The van der Waals surface area contributed by atoms with Gasteiger partial charge in [-0.25, -0.2) is 0 Å². The molecule has 5 rings (SSSR count). The minimum absolute atomic E-state index is 0.00819. The highest BCUT2D eigenvalue weighted by atomic mass is 16.6. The maximum atomic E-state index is 13.2. The highest BCUT2D eigenvalue weighted by Gasteiger charge is 2.21. The zero-order chi connectivity index (χ0) is 26.5. The first kappa shape index (κ1) is 24.2. The van der Waals surface area contributed by atoms with E-state index in [1.807, 2.05) is 77.4 Å². The molecule has 0 N–H and O–H groups in total. The van der Waals surface area contributed by atoms with Crippen molar-refractivity contribution in [2.75, 3.05) is 0 Å². The lowest BCUT2D eigenvalue weighted by Gasteiger charge is -2.15. The van der Waals surface area contributed by atoms with Crippen LogP contribution in [0.3, 0.4) is 0 Å². The van der Waals surface area contributed by atoms with Crippen molar-refractivity contribution in [1.29, 1.82) is 5.26 Å². The van der Waals surface area contributed by atoms with E-state index in [0.717, 1.165) is 22.5 Å². The van der Waals surface area contributed by atoms with Gasteiger partial charge in [-0.05, 0) is 35.4 Å². The van der Waals surface area contributed by atoms with Crippen molar-refractivity contribution in [3.63, 3.8) is 0 Å². The second-order valence-electron chi connectivity index (χ2n) is 8.54. The Morgan fingerprint density at radius 1 is 0.789 bits per heavy atom. The minimum atomic E-state index is -0.432. The van der Waals surface area contributed by atoms with Gasteiger partial charge in [0.1, 0.15) is 11.6 Å². The van der Waals surface area contributed by atoms with E-state index in [1.54, 1.807) is 42.5 Å². The second-order valence-corrected chi connectivity index (χ2v) is 8.54. The van der Waals surface area contributed by atoms with Crippen molar-refractivity contribution in [3.8, 4) is 34.3 Å².